The molecule has 20 atom stereocenters. The van der Waals surface area contributed by atoms with Gasteiger partial charge in [-0.05, 0) is 35.3 Å². The van der Waals surface area contributed by atoms with E-state index >= 15 is 9.59 Å². The van der Waals surface area contributed by atoms with Crippen molar-refractivity contribution in [1.29, 1.82) is 0 Å². The molecule has 4 aliphatic heterocycles. The van der Waals surface area contributed by atoms with E-state index in [1.165, 1.54) is 0 Å². The van der Waals surface area contributed by atoms with Crippen LogP contribution in [0.15, 0.2) is 34.5 Å². The van der Waals surface area contributed by atoms with Gasteiger partial charge in [-0.2, -0.15) is 0 Å². The van der Waals surface area contributed by atoms with Crippen LogP contribution in [0.25, 0.3) is 20.9 Å². The fourth-order valence-electron chi connectivity index (χ4n) is 11.4. The summed E-state index contributed by atoms with van der Waals surface area (Å²) in [6, 6.07) is 3.76. The van der Waals surface area contributed by atoms with E-state index in [-0.39, 0.29) is 0 Å². The average molecular weight is 1600 g/mol. The first-order chi connectivity index (χ1) is 52.7. The number of hydrogen-bond donors (Lipinski definition) is 2. The molecule has 2 N–H and O–H groups in total. The molecule has 0 spiro atoms. The number of ether oxygens (including phenoxy) is 20. The molecule has 48 heteroatoms. The largest absolute Gasteiger partial charge is 0.468 e. The molecular formula is C64H80N10O38. The highest BCUT2D eigenvalue weighted by atomic mass is 16.8. The lowest BCUT2D eigenvalue weighted by molar-refractivity contribution is -0.341. The lowest BCUT2D eigenvalue weighted by Gasteiger charge is -2.48. The maximum absolute atomic E-state index is 15.8. The highest BCUT2D eigenvalue weighted by Crippen LogP contribution is 2.40. The van der Waals surface area contributed by atoms with E-state index in [1.807, 2.05) is 0 Å². The molecule has 0 unspecified atom stereocenters. The van der Waals surface area contributed by atoms with Crippen molar-refractivity contribution >= 4 is 119 Å². The molecule has 4 heterocycles. The van der Waals surface area contributed by atoms with Gasteiger partial charge in [-0.15, -0.1) is 0 Å². The van der Waals surface area contributed by atoms with Crippen LogP contribution in [0.2, 0.25) is 0 Å². The van der Waals surface area contributed by atoms with Crippen LogP contribution in [0.3, 0.4) is 0 Å². The highest BCUT2D eigenvalue weighted by Gasteiger charge is 2.62. The van der Waals surface area contributed by atoms with Crippen molar-refractivity contribution in [2.75, 3.05) is 63.4 Å². The van der Waals surface area contributed by atoms with Crippen LogP contribution in [0.4, 0.5) is 11.4 Å². The number of azide groups is 2. The Labute approximate surface area is 633 Å². The van der Waals surface area contributed by atoms with Gasteiger partial charge in [0.2, 0.25) is 11.8 Å². The summed E-state index contributed by atoms with van der Waals surface area (Å²) < 4.78 is 112. The van der Waals surface area contributed by atoms with E-state index in [0.717, 1.165) is 122 Å². The number of methoxy groups -OCH3 is 2. The number of benzene rings is 1. The first-order valence-corrected chi connectivity index (χ1v) is 33.1. The second-order valence-corrected chi connectivity index (χ2v) is 24.0. The summed E-state index contributed by atoms with van der Waals surface area (Å²) in [6.45, 7) is 4.50. The number of nitrogens with one attached hydrogen (secondary N) is 2. The van der Waals surface area contributed by atoms with Crippen LogP contribution in [0.5, 0.6) is 0 Å². The summed E-state index contributed by atoms with van der Waals surface area (Å²) >= 11 is 0. The third-order valence-electron chi connectivity index (χ3n) is 15.5. The molecule has 112 heavy (non-hydrogen) atoms. The van der Waals surface area contributed by atoms with Crippen LogP contribution in [-0.4, -0.2) is 284 Å². The van der Waals surface area contributed by atoms with E-state index in [4.69, 9.17) is 85.3 Å². The predicted molar refractivity (Wildman–Crippen MR) is 353 cm³/mol. The second-order valence-electron chi connectivity index (χ2n) is 24.0. The summed E-state index contributed by atoms with van der Waals surface area (Å²) in [4.78, 5) is 246. The van der Waals surface area contributed by atoms with Gasteiger partial charge < -0.3 is 115 Å². The van der Waals surface area contributed by atoms with E-state index in [2.05, 4.69) is 40.2 Å². The van der Waals surface area contributed by atoms with Crippen molar-refractivity contribution in [1.82, 2.24) is 10.6 Å². The van der Waals surface area contributed by atoms with Crippen LogP contribution in [0, 0.1) is 0 Å². The standard InChI is InChI=1S/C64H80N10O38/c1-25(75)95-23-39-45(97-27(3)77)47(99-29(5)79)57(105-35(11)85)63(107-39)111-49-51(101-31(7)81)55(109-59(69-71-65)53(49)103-33(9)83)61(91)73(21-41(87)67-19-43(89)93-13)37-15-17-38(18-16-37)74(22-42(88)68-20-44(90)94-14)62(92)56-52(102-32(8)82)50(54(104-34(10)84)60(110-56)70-72-66)112-64-58(106-36(12)86)48(100-30(6)80)46(98-28(4)78)40(108-64)24-96-26(2)76/h15-18,39-40,45-60,63-64H,19-24H2,1-14H3,(H,67,87)(H,68,88)/t39-,40-,45-,46-,47+,48+,49+,50+,51+,52+,53-,54-,55+,56+,57+,58+,59-,60-,63-,64-/m1/s1. The van der Waals surface area contributed by atoms with Gasteiger partial charge in [-0.25, -0.2) is 0 Å². The Morgan fingerprint density at radius 2 is 0.634 bits per heavy atom. The van der Waals surface area contributed by atoms with Gasteiger partial charge in [0.15, 0.2) is 98.3 Å². The Hall–Kier alpha value is -11.9. The van der Waals surface area contributed by atoms with Crippen LogP contribution in [-0.2, 0) is 181 Å². The molecule has 1 aromatic rings. The third-order valence-corrected chi connectivity index (χ3v) is 15.5. The Morgan fingerprint density at radius 3 is 0.902 bits per heavy atom. The molecule has 4 saturated heterocycles. The minimum atomic E-state index is -2.52. The van der Waals surface area contributed by atoms with E-state index < -0.39 is 281 Å². The fourth-order valence-corrected chi connectivity index (χ4v) is 11.4. The summed E-state index contributed by atoms with van der Waals surface area (Å²) in [7, 11) is 1.91. The number of nitrogens with zero attached hydrogens (tertiary/aromatic N) is 8. The van der Waals surface area contributed by atoms with Crippen molar-refractivity contribution in [3.63, 3.8) is 0 Å². The van der Waals surface area contributed by atoms with Crippen molar-refractivity contribution in [3.8, 4) is 0 Å². The van der Waals surface area contributed by atoms with E-state index in [9.17, 15) is 87.8 Å². The molecule has 4 fully saturated rings. The van der Waals surface area contributed by atoms with Gasteiger partial charge in [0, 0.05) is 104 Å². The molecule has 0 bridgehead atoms. The Bertz CT molecular complexity index is 3570. The molecule has 0 saturated carbocycles. The average Bonchev–Trinajstić information content (AvgIpc) is 0.760. The molecule has 5 rings (SSSR count). The third kappa shape index (κ3) is 26.1. The number of carbonyl (C=O) groups excluding carboxylic acids is 18. The number of hydrogen-bond acceptors (Lipinski definition) is 40. The number of esters is 14. The van der Waals surface area contributed by atoms with Gasteiger partial charge in [0.1, 0.15) is 63.8 Å². The fraction of sp³-hybridized carbons (Fsp3) is 0.625. The minimum absolute atomic E-state index is 0.494. The summed E-state index contributed by atoms with van der Waals surface area (Å²) in [5, 5.41) is 11.5. The maximum atomic E-state index is 15.8. The smallest absolute Gasteiger partial charge is 0.325 e. The zero-order valence-electron chi connectivity index (χ0n) is 62.2. The van der Waals surface area contributed by atoms with Crippen LogP contribution in [0.1, 0.15) is 83.1 Å². The molecule has 0 aliphatic carbocycles. The van der Waals surface area contributed by atoms with Crippen molar-refractivity contribution in [2.45, 2.75) is 206 Å². The van der Waals surface area contributed by atoms with Crippen molar-refractivity contribution in [3.05, 3.63) is 45.2 Å². The number of amides is 4. The van der Waals surface area contributed by atoms with E-state index in [1.54, 1.807) is 0 Å². The summed E-state index contributed by atoms with van der Waals surface area (Å²) in [6.07, 6.45) is -43.4. The molecule has 4 amide bonds. The van der Waals surface area contributed by atoms with Gasteiger partial charge >= 0.3 is 83.6 Å². The van der Waals surface area contributed by atoms with Gasteiger partial charge in [-0.3, -0.25) is 86.3 Å². The maximum Gasteiger partial charge on any atom is 0.325 e. The molecule has 0 radical (unpaired) electrons. The van der Waals surface area contributed by atoms with Crippen molar-refractivity contribution < 1.29 is 181 Å². The number of rotatable bonds is 32. The zero-order valence-corrected chi connectivity index (χ0v) is 62.2. The number of carbonyl (C=O) groups is 18. The first-order valence-electron chi connectivity index (χ1n) is 33.1. The SMILES string of the molecule is COC(=O)CNC(=O)CN(C(=O)[C@H]1O[C@@H](N=[N+]=[N-])[C@H](OC(C)=O)[C@@H](O[C@H]2O[C@H](COC(C)=O)[C@@H](OC(C)=O)[C@H](OC(C)=O)[C@@H]2OC(C)=O)[C@@H]1OC(C)=O)c1ccc(N(CC(=O)NCC(=O)OC)C(=O)[C@H]2O[C@@H](N=[N+]=[N-])[C@H](OC(C)=O)[C@@H](O[C@H]3O[C@H](COC(C)=O)[C@@H](OC(C)=O)[C@H](OC(C)=O)[C@@H]3OC(C)=O)[C@@H]2OC(C)=O)cc1. The second kappa shape index (κ2) is 42.3. The highest BCUT2D eigenvalue weighted by molar-refractivity contribution is 6.04. The zero-order chi connectivity index (χ0) is 83.7. The lowest BCUT2D eigenvalue weighted by atomic mass is 9.94. The molecule has 4 aliphatic rings. The quantitative estimate of drug-likeness (QED) is 0.0251. The molecule has 0 aromatic heterocycles. The Balaban J connectivity index is 1.80. The van der Waals surface area contributed by atoms with Gasteiger partial charge in [0.05, 0.1) is 14.2 Å². The topological polar surface area (TPSA) is 620 Å². The molecule has 614 valence electrons. The lowest BCUT2D eigenvalue weighted by Crippen LogP contribution is -2.68. The molecule has 48 nitrogen and oxygen atoms in total. The van der Waals surface area contributed by atoms with Gasteiger partial charge in [0.25, 0.3) is 11.8 Å². The van der Waals surface area contributed by atoms with Crippen LogP contribution >= 0.6 is 0 Å². The summed E-state index contributed by atoms with van der Waals surface area (Å²) in [5.74, 6) is -21.3. The monoisotopic (exact) mass is 1600 g/mol. The first kappa shape index (κ1) is 90.7. The summed E-state index contributed by atoms with van der Waals surface area (Å²) in [5.41, 5.74) is 19.0. The predicted octanol–water partition coefficient (Wildman–Crippen LogP) is -2.34. The normalized spacial score (nSPS) is 26.9. The van der Waals surface area contributed by atoms with E-state index in [0.29, 0.717) is 9.80 Å². The number of anilines is 2. The van der Waals surface area contributed by atoms with Gasteiger partial charge in [-0.1, -0.05) is 10.2 Å². The van der Waals surface area contributed by atoms with Crippen molar-refractivity contribution in [2.24, 2.45) is 10.2 Å². The molecule has 1 aromatic carbocycles. The molecular weight excluding hydrogens is 1520 g/mol. The Morgan fingerprint density at radius 1 is 0.366 bits per heavy atom. The Kier molecular flexibility index (Phi) is 34.2. The van der Waals surface area contributed by atoms with Crippen LogP contribution < -0.4 is 20.4 Å². The minimum Gasteiger partial charge on any atom is -0.468 e.